The Balaban J connectivity index is 1.41. The van der Waals surface area contributed by atoms with Gasteiger partial charge in [0, 0.05) is 36.3 Å². The van der Waals surface area contributed by atoms with E-state index in [4.69, 9.17) is 4.42 Å². The van der Waals surface area contributed by atoms with E-state index < -0.39 is 0 Å². The highest BCUT2D eigenvalue weighted by molar-refractivity contribution is 5.57. The zero-order valence-corrected chi connectivity index (χ0v) is 14.0. The Labute approximate surface area is 150 Å². The van der Waals surface area contributed by atoms with E-state index in [1.807, 2.05) is 36.5 Å². The molecule has 130 valence electrons. The van der Waals surface area contributed by atoms with Crippen LogP contribution < -0.4 is 5.32 Å². The van der Waals surface area contributed by atoms with E-state index in [1.54, 1.807) is 29.2 Å². The van der Waals surface area contributed by atoms with Crippen molar-refractivity contribution in [2.24, 2.45) is 0 Å². The first-order valence-electron chi connectivity index (χ1n) is 8.29. The second-order valence-electron chi connectivity index (χ2n) is 5.81. The molecule has 0 aliphatic carbocycles. The summed E-state index contributed by atoms with van der Waals surface area (Å²) in [5, 5.41) is 7.60. The van der Waals surface area contributed by atoms with E-state index in [1.165, 1.54) is 12.1 Å². The van der Waals surface area contributed by atoms with Crippen LogP contribution in [0.1, 0.15) is 11.3 Å². The lowest BCUT2D eigenvalue weighted by atomic mass is 10.2. The topological polar surface area (TPSA) is 55.9 Å². The van der Waals surface area contributed by atoms with E-state index in [2.05, 4.69) is 15.4 Å². The molecule has 0 radical (unpaired) electrons. The highest BCUT2D eigenvalue weighted by atomic mass is 19.1. The largest absolute Gasteiger partial charge is 0.460 e. The molecule has 3 aromatic heterocycles. The van der Waals surface area contributed by atoms with Gasteiger partial charge in [0.05, 0.1) is 6.54 Å². The number of benzene rings is 1. The molecule has 0 fully saturated rings. The molecule has 5 nitrogen and oxygen atoms in total. The SMILES string of the molecule is Fc1ccc(-c2ccc(CNCc3cccnc3-n3cccn3)o2)cc1. The van der Waals surface area contributed by atoms with Crippen molar-refractivity contribution in [1.82, 2.24) is 20.1 Å². The van der Waals surface area contributed by atoms with Gasteiger partial charge in [-0.2, -0.15) is 5.10 Å². The van der Waals surface area contributed by atoms with Gasteiger partial charge in [-0.05, 0) is 48.5 Å². The first-order valence-corrected chi connectivity index (χ1v) is 8.29. The molecule has 0 aliphatic rings. The molecular formula is C20H17FN4O. The molecule has 6 heteroatoms. The average Bonchev–Trinajstić information content (AvgIpc) is 3.35. The maximum Gasteiger partial charge on any atom is 0.157 e. The minimum atomic E-state index is -0.258. The lowest BCUT2D eigenvalue weighted by Gasteiger charge is -2.08. The maximum atomic E-state index is 13.0. The number of hydrogen-bond acceptors (Lipinski definition) is 4. The predicted octanol–water partition coefficient (Wildman–Crippen LogP) is 3.96. The van der Waals surface area contributed by atoms with Crippen LogP contribution in [0.2, 0.25) is 0 Å². The summed E-state index contributed by atoms with van der Waals surface area (Å²) in [4.78, 5) is 4.40. The fourth-order valence-corrected chi connectivity index (χ4v) is 2.73. The van der Waals surface area contributed by atoms with Crippen LogP contribution in [0.25, 0.3) is 17.1 Å². The third-order valence-corrected chi connectivity index (χ3v) is 3.99. The van der Waals surface area contributed by atoms with E-state index in [0.29, 0.717) is 13.1 Å². The van der Waals surface area contributed by atoms with E-state index in [9.17, 15) is 4.39 Å². The third-order valence-electron chi connectivity index (χ3n) is 3.99. The van der Waals surface area contributed by atoms with Crippen LogP contribution >= 0.6 is 0 Å². The Kier molecular flexibility index (Phi) is 4.57. The van der Waals surface area contributed by atoms with Crippen molar-refractivity contribution < 1.29 is 8.81 Å². The molecule has 0 bridgehead atoms. The summed E-state index contributed by atoms with van der Waals surface area (Å²) in [5.74, 6) is 2.08. The van der Waals surface area contributed by atoms with Crippen LogP contribution in [0.4, 0.5) is 4.39 Å². The first kappa shape index (κ1) is 16.2. The number of pyridine rings is 1. The lowest BCUT2D eigenvalue weighted by molar-refractivity contribution is 0.493. The first-order chi connectivity index (χ1) is 12.8. The van der Waals surface area contributed by atoms with Gasteiger partial charge in [-0.15, -0.1) is 0 Å². The summed E-state index contributed by atoms with van der Waals surface area (Å²) >= 11 is 0. The van der Waals surface area contributed by atoms with Crippen LogP contribution in [-0.4, -0.2) is 14.8 Å². The van der Waals surface area contributed by atoms with Gasteiger partial charge in [-0.1, -0.05) is 6.07 Å². The van der Waals surface area contributed by atoms with Crippen molar-refractivity contribution in [2.45, 2.75) is 13.1 Å². The summed E-state index contributed by atoms with van der Waals surface area (Å²) in [5.41, 5.74) is 1.90. The number of nitrogens with zero attached hydrogens (tertiary/aromatic N) is 3. The molecule has 0 spiro atoms. The molecule has 4 rings (SSSR count). The molecule has 3 heterocycles. The Morgan fingerprint density at radius 3 is 2.65 bits per heavy atom. The van der Waals surface area contributed by atoms with Crippen molar-refractivity contribution in [1.29, 1.82) is 0 Å². The number of rotatable bonds is 6. The summed E-state index contributed by atoms with van der Waals surface area (Å²) in [6.07, 6.45) is 5.35. The van der Waals surface area contributed by atoms with Gasteiger partial charge in [0.1, 0.15) is 17.3 Å². The maximum absolute atomic E-state index is 13.0. The molecule has 0 amide bonds. The van der Waals surface area contributed by atoms with Crippen molar-refractivity contribution in [2.75, 3.05) is 0 Å². The van der Waals surface area contributed by atoms with E-state index >= 15 is 0 Å². The zero-order chi connectivity index (χ0) is 17.8. The van der Waals surface area contributed by atoms with Crippen molar-refractivity contribution in [3.8, 4) is 17.1 Å². The summed E-state index contributed by atoms with van der Waals surface area (Å²) in [6.45, 7) is 1.21. The molecule has 0 aliphatic heterocycles. The quantitative estimate of drug-likeness (QED) is 0.573. The van der Waals surface area contributed by atoms with E-state index in [-0.39, 0.29) is 5.82 Å². The van der Waals surface area contributed by atoms with Crippen LogP contribution in [0.3, 0.4) is 0 Å². The summed E-state index contributed by atoms with van der Waals surface area (Å²) in [7, 11) is 0. The molecule has 0 atom stereocenters. The van der Waals surface area contributed by atoms with Crippen LogP contribution in [-0.2, 0) is 13.1 Å². The summed E-state index contributed by atoms with van der Waals surface area (Å²) < 4.78 is 20.6. The van der Waals surface area contributed by atoms with E-state index in [0.717, 1.165) is 28.5 Å². The highest BCUT2D eigenvalue weighted by Gasteiger charge is 2.08. The molecular weight excluding hydrogens is 331 g/mol. The lowest BCUT2D eigenvalue weighted by Crippen LogP contribution is -2.15. The molecule has 0 saturated heterocycles. The summed E-state index contributed by atoms with van der Waals surface area (Å²) in [6, 6.07) is 15.9. The van der Waals surface area contributed by atoms with Crippen molar-refractivity contribution in [3.05, 3.63) is 90.3 Å². The van der Waals surface area contributed by atoms with Crippen LogP contribution in [0, 0.1) is 5.82 Å². The fourth-order valence-electron chi connectivity index (χ4n) is 2.73. The Morgan fingerprint density at radius 2 is 1.85 bits per heavy atom. The van der Waals surface area contributed by atoms with Crippen LogP contribution in [0.15, 0.2) is 77.6 Å². The average molecular weight is 348 g/mol. The number of furan rings is 1. The van der Waals surface area contributed by atoms with Gasteiger partial charge in [0.25, 0.3) is 0 Å². The van der Waals surface area contributed by atoms with Gasteiger partial charge in [-0.25, -0.2) is 14.1 Å². The second kappa shape index (κ2) is 7.33. The smallest absolute Gasteiger partial charge is 0.157 e. The molecule has 0 unspecified atom stereocenters. The third kappa shape index (κ3) is 3.55. The monoisotopic (exact) mass is 348 g/mol. The Bertz CT molecular complexity index is 977. The molecule has 1 aromatic carbocycles. The van der Waals surface area contributed by atoms with Crippen LogP contribution in [0.5, 0.6) is 0 Å². The predicted molar refractivity (Wildman–Crippen MR) is 96.0 cm³/mol. The Morgan fingerprint density at radius 1 is 0.962 bits per heavy atom. The number of halogens is 1. The highest BCUT2D eigenvalue weighted by Crippen LogP contribution is 2.22. The molecule has 0 saturated carbocycles. The molecule has 1 N–H and O–H groups in total. The van der Waals surface area contributed by atoms with Gasteiger partial charge in [0.15, 0.2) is 5.82 Å². The van der Waals surface area contributed by atoms with Gasteiger partial charge >= 0.3 is 0 Å². The second-order valence-corrected chi connectivity index (χ2v) is 5.81. The van der Waals surface area contributed by atoms with Gasteiger partial charge in [-0.3, -0.25) is 0 Å². The normalized spacial score (nSPS) is 11.0. The number of nitrogens with one attached hydrogen (secondary N) is 1. The van der Waals surface area contributed by atoms with Gasteiger partial charge < -0.3 is 9.73 Å². The minimum absolute atomic E-state index is 0.258. The zero-order valence-electron chi connectivity index (χ0n) is 14.0. The van der Waals surface area contributed by atoms with Crippen molar-refractivity contribution >= 4 is 0 Å². The molecule has 26 heavy (non-hydrogen) atoms. The standard InChI is InChI=1S/C20H17FN4O/c21-17-6-4-15(5-7-17)19-9-8-18(26-19)14-22-13-16-3-1-10-23-20(16)25-12-2-11-24-25/h1-12,22H,13-14H2. The van der Waals surface area contributed by atoms with Gasteiger partial charge in [0.2, 0.25) is 0 Å². The minimum Gasteiger partial charge on any atom is -0.460 e. The fraction of sp³-hybridized carbons (Fsp3) is 0.100. The number of hydrogen-bond donors (Lipinski definition) is 1. The van der Waals surface area contributed by atoms with Crippen molar-refractivity contribution in [3.63, 3.8) is 0 Å². The number of aromatic nitrogens is 3. The molecule has 4 aromatic rings. The Hall–Kier alpha value is -3.25.